The summed E-state index contributed by atoms with van der Waals surface area (Å²) in [6, 6.07) is 18.3. The van der Waals surface area contributed by atoms with E-state index in [1.54, 1.807) is 24.4 Å². The van der Waals surface area contributed by atoms with Gasteiger partial charge in [0.2, 0.25) is 11.8 Å². The van der Waals surface area contributed by atoms with Gasteiger partial charge in [-0.3, -0.25) is 29.5 Å². The number of H-pyrrole nitrogens is 1. The molecule has 1 unspecified atom stereocenters. The lowest BCUT2D eigenvalue weighted by Gasteiger charge is -2.36. The summed E-state index contributed by atoms with van der Waals surface area (Å²) in [5, 5.41) is 8.30. The molecular formula is C42H48FN7O4. The maximum absolute atomic E-state index is 15.0. The standard InChI is InChI=1S/C25H25FN4O2.C17H23N3O2/c26-20-12-16(24(31)29-17-4-2-1-3-5-17)6-7-18(20)23-13-15(8-10-27-23)22-14-19-21(30-22)9-11-28-25(19)32;1-2-19-8-10-20(11-9-19)14-5-3-4-13(12-14)15-6-7-16(21)18-17(15)22/h6-8,10,12-14,17,30H,1-5,9,11H2,(H,28,32)(H,29,31);3-5,12,15H,2,6-11H2,1H3,(H,18,21,22). The molecule has 3 aliphatic heterocycles. The van der Waals surface area contributed by atoms with E-state index >= 15 is 0 Å². The Hall–Kier alpha value is -5.36. The number of piperazine rings is 1. The summed E-state index contributed by atoms with van der Waals surface area (Å²) in [6.07, 6.45) is 8.81. The van der Waals surface area contributed by atoms with Crippen LogP contribution in [0.25, 0.3) is 22.5 Å². The Balaban J connectivity index is 0.000000179. The number of benzene rings is 2. The first-order chi connectivity index (χ1) is 26.2. The Bertz CT molecular complexity index is 2010. The second-order valence-corrected chi connectivity index (χ2v) is 14.5. The summed E-state index contributed by atoms with van der Waals surface area (Å²) in [6.45, 7) is 8.11. The second-order valence-electron chi connectivity index (χ2n) is 14.5. The SMILES string of the molecule is CCN1CCN(c2cccc(C3CCC(=O)NC3=O)c2)CC1.O=C(NC1CCCCC1)c1ccc(-c2cc(-c3cc4c([nH]3)CCNC4=O)ccn2)c(F)c1. The van der Waals surface area contributed by atoms with Gasteiger partial charge >= 0.3 is 0 Å². The van der Waals surface area contributed by atoms with Crippen molar-refractivity contribution in [2.45, 2.75) is 70.3 Å². The number of hydrogen-bond acceptors (Lipinski definition) is 7. The van der Waals surface area contributed by atoms with E-state index in [4.69, 9.17) is 0 Å². The van der Waals surface area contributed by atoms with Gasteiger partial charge in [-0.15, -0.1) is 0 Å². The molecule has 4 aliphatic rings. The number of imide groups is 1. The summed E-state index contributed by atoms with van der Waals surface area (Å²) >= 11 is 0. The number of likely N-dealkylation sites (N-methyl/N-ethyl adjacent to an activating group) is 1. The predicted molar refractivity (Wildman–Crippen MR) is 206 cm³/mol. The van der Waals surface area contributed by atoms with Gasteiger partial charge < -0.3 is 25.4 Å². The number of pyridine rings is 1. The maximum Gasteiger partial charge on any atom is 0.253 e. The smallest absolute Gasteiger partial charge is 0.253 e. The van der Waals surface area contributed by atoms with Crippen LogP contribution in [0.3, 0.4) is 0 Å². The van der Waals surface area contributed by atoms with E-state index in [1.165, 1.54) is 18.2 Å². The summed E-state index contributed by atoms with van der Waals surface area (Å²) in [5.41, 5.74) is 6.46. The zero-order valence-corrected chi connectivity index (χ0v) is 30.8. The van der Waals surface area contributed by atoms with Crippen LogP contribution in [0.5, 0.6) is 0 Å². The second kappa shape index (κ2) is 16.8. The largest absolute Gasteiger partial charge is 0.369 e. The highest BCUT2D eigenvalue weighted by atomic mass is 19.1. The van der Waals surface area contributed by atoms with Gasteiger partial charge in [0, 0.05) is 91.6 Å². The molecule has 54 heavy (non-hydrogen) atoms. The van der Waals surface area contributed by atoms with Crippen LogP contribution in [0.2, 0.25) is 0 Å². The Kier molecular flexibility index (Phi) is 11.5. The third kappa shape index (κ3) is 8.54. The summed E-state index contributed by atoms with van der Waals surface area (Å²) < 4.78 is 15.0. The molecule has 8 rings (SSSR count). The molecule has 1 saturated carbocycles. The van der Waals surface area contributed by atoms with Crippen molar-refractivity contribution in [1.29, 1.82) is 0 Å². The lowest BCUT2D eigenvalue weighted by atomic mass is 9.90. The van der Waals surface area contributed by atoms with Crippen LogP contribution >= 0.6 is 0 Å². The van der Waals surface area contributed by atoms with Crippen molar-refractivity contribution in [3.8, 4) is 22.5 Å². The number of aromatic amines is 1. The molecule has 5 heterocycles. The number of carbonyl (C=O) groups excluding carboxylic acids is 4. The number of hydrogen-bond donors (Lipinski definition) is 4. The number of piperidine rings is 1. The Morgan fingerprint density at radius 2 is 1.72 bits per heavy atom. The summed E-state index contributed by atoms with van der Waals surface area (Å²) in [5.74, 6) is -1.33. The van der Waals surface area contributed by atoms with E-state index in [9.17, 15) is 23.6 Å². The van der Waals surface area contributed by atoms with Crippen LogP contribution in [0.4, 0.5) is 10.1 Å². The molecule has 0 spiro atoms. The fraction of sp³-hybridized carbons (Fsp3) is 0.405. The van der Waals surface area contributed by atoms with Crippen molar-refractivity contribution in [2.75, 3.05) is 44.2 Å². The van der Waals surface area contributed by atoms with E-state index in [2.05, 4.69) is 54.8 Å². The maximum atomic E-state index is 15.0. The number of rotatable bonds is 7. The zero-order valence-electron chi connectivity index (χ0n) is 30.8. The molecule has 3 fully saturated rings. The van der Waals surface area contributed by atoms with Crippen LogP contribution in [0.1, 0.15) is 89.8 Å². The molecule has 4 aromatic rings. The van der Waals surface area contributed by atoms with Gasteiger partial charge in [0.25, 0.3) is 11.8 Å². The fourth-order valence-corrected chi connectivity index (χ4v) is 7.85. The number of halogens is 1. The van der Waals surface area contributed by atoms with E-state index in [1.807, 2.05) is 24.3 Å². The van der Waals surface area contributed by atoms with E-state index < -0.39 is 5.82 Å². The number of fused-ring (bicyclic) bond motifs is 1. The minimum absolute atomic E-state index is 0.0869. The molecule has 11 nitrogen and oxygen atoms in total. The number of aromatic nitrogens is 2. The molecule has 2 saturated heterocycles. The monoisotopic (exact) mass is 733 g/mol. The lowest BCUT2D eigenvalue weighted by Crippen LogP contribution is -2.46. The minimum atomic E-state index is -0.490. The van der Waals surface area contributed by atoms with Crippen molar-refractivity contribution in [3.05, 3.63) is 95.1 Å². The van der Waals surface area contributed by atoms with Gasteiger partial charge in [-0.05, 0) is 79.9 Å². The fourth-order valence-electron chi connectivity index (χ4n) is 7.85. The highest BCUT2D eigenvalue weighted by Crippen LogP contribution is 2.30. The zero-order chi connectivity index (χ0) is 37.6. The molecule has 0 bridgehead atoms. The highest BCUT2D eigenvalue weighted by molar-refractivity contribution is 6.01. The van der Waals surface area contributed by atoms with E-state index in [0.717, 1.165) is 87.3 Å². The molecule has 0 radical (unpaired) electrons. The van der Waals surface area contributed by atoms with Crippen molar-refractivity contribution >= 4 is 29.3 Å². The van der Waals surface area contributed by atoms with Crippen LogP contribution in [0.15, 0.2) is 66.9 Å². The van der Waals surface area contributed by atoms with Crippen molar-refractivity contribution < 1.29 is 23.6 Å². The van der Waals surface area contributed by atoms with Gasteiger partial charge in [0.15, 0.2) is 0 Å². The molecular weight excluding hydrogens is 686 g/mol. The van der Waals surface area contributed by atoms with Crippen LogP contribution in [0, 0.1) is 5.82 Å². The first-order valence-electron chi connectivity index (χ1n) is 19.2. The van der Waals surface area contributed by atoms with Crippen molar-refractivity contribution in [3.63, 3.8) is 0 Å². The molecule has 4 N–H and O–H groups in total. The van der Waals surface area contributed by atoms with Crippen LogP contribution < -0.4 is 20.9 Å². The Morgan fingerprint density at radius 3 is 2.46 bits per heavy atom. The third-order valence-corrected chi connectivity index (χ3v) is 11.0. The molecule has 2 aromatic carbocycles. The average Bonchev–Trinajstić information content (AvgIpc) is 3.65. The Morgan fingerprint density at radius 1 is 0.907 bits per heavy atom. The summed E-state index contributed by atoms with van der Waals surface area (Å²) in [7, 11) is 0. The molecule has 282 valence electrons. The number of amides is 4. The van der Waals surface area contributed by atoms with Crippen molar-refractivity contribution in [2.24, 2.45) is 0 Å². The topological polar surface area (TPSA) is 140 Å². The van der Waals surface area contributed by atoms with E-state index in [-0.39, 0.29) is 35.6 Å². The van der Waals surface area contributed by atoms with E-state index in [0.29, 0.717) is 41.8 Å². The molecule has 1 atom stereocenters. The molecule has 12 heteroatoms. The molecule has 1 aliphatic carbocycles. The molecule has 2 aromatic heterocycles. The molecule has 4 amide bonds. The predicted octanol–water partition coefficient (Wildman–Crippen LogP) is 5.58. The van der Waals surface area contributed by atoms with Gasteiger partial charge in [0.05, 0.1) is 17.2 Å². The van der Waals surface area contributed by atoms with Crippen LogP contribution in [-0.4, -0.2) is 83.8 Å². The number of nitrogens with zero attached hydrogens (tertiary/aromatic N) is 3. The first-order valence-corrected chi connectivity index (χ1v) is 19.2. The summed E-state index contributed by atoms with van der Waals surface area (Å²) in [4.78, 5) is 60.3. The van der Waals surface area contributed by atoms with Crippen LogP contribution in [-0.2, 0) is 16.0 Å². The lowest BCUT2D eigenvalue weighted by molar-refractivity contribution is -0.134. The number of anilines is 1. The van der Waals surface area contributed by atoms with Gasteiger partial charge in [0.1, 0.15) is 5.82 Å². The third-order valence-electron chi connectivity index (χ3n) is 11.0. The quantitative estimate of drug-likeness (QED) is 0.182. The number of carbonyl (C=O) groups is 4. The van der Waals surface area contributed by atoms with Gasteiger partial charge in [-0.2, -0.15) is 0 Å². The highest BCUT2D eigenvalue weighted by Gasteiger charge is 2.29. The normalized spacial score (nSPS) is 19.3. The van der Waals surface area contributed by atoms with Gasteiger partial charge in [-0.25, -0.2) is 4.39 Å². The first kappa shape index (κ1) is 37.0. The Labute approximate surface area is 315 Å². The number of nitrogens with one attached hydrogen (secondary N) is 4. The van der Waals surface area contributed by atoms with Gasteiger partial charge in [-0.1, -0.05) is 38.3 Å². The van der Waals surface area contributed by atoms with Crippen molar-refractivity contribution in [1.82, 2.24) is 30.8 Å². The minimum Gasteiger partial charge on any atom is -0.369 e. The average molecular weight is 734 g/mol.